The molecule has 12 aromatic rings. The average molecular weight is 735 g/mol. The topological polar surface area (TPSA) is 25.8 Å². The second-order valence-corrected chi connectivity index (χ2v) is 15.3. The van der Waals surface area contributed by atoms with Crippen LogP contribution in [-0.4, -0.2) is 9.97 Å². The quantitative estimate of drug-likeness (QED) is 0.133. The van der Waals surface area contributed by atoms with Gasteiger partial charge < -0.3 is 0 Å². The number of hydrogen-bond acceptors (Lipinski definition) is 2. The molecule has 0 saturated carbocycles. The smallest absolute Gasteiger partial charge is 0.0702 e. The molecule has 2 heterocycles. The van der Waals surface area contributed by atoms with Crippen LogP contribution in [0.2, 0.25) is 0 Å². The van der Waals surface area contributed by atoms with Gasteiger partial charge in [-0.2, -0.15) is 0 Å². The summed E-state index contributed by atoms with van der Waals surface area (Å²) in [4.78, 5) is 9.81. The third-order valence-electron chi connectivity index (χ3n) is 12.1. The minimum atomic E-state index is 0.930. The number of pyridine rings is 2. The van der Waals surface area contributed by atoms with Gasteiger partial charge in [0.25, 0.3) is 0 Å². The Bertz CT molecular complexity index is 3620. The van der Waals surface area contributed by atoms with Gasteiger partial charge in [-0.05, 0) is 123 Å². The summed E-state index contributed by atoms with van der Waals surface area (Å²) in [6.07, 6.45) is 3.93. The third-order valence-corrected chi connectivity index (χ3v) is 12.1. The van der Waals surface area contributed by atoms with Crippen molar-refractivity contribution in [3.63, 3.8) is 0 Å². The molecule has 2 heteroatoms. The highest BCUT2D eigenvalue weighted by molar-refractivity contribution is 6.28. The molecule has 2 nitrogen and oxygen atoms in total. The maximum atomic E-state index is 5.10. The van der Waals surface area contributed by atoms with E-state index in [1.807, 2.05) is 24.5 Å². The highest BCUT2D eigenvalue weighted by atomic mass is 14.7. The van der Waals surface area contributed by atoms with Gasteiger partial charge in [0.15, 0.2) is 0 Å². The summed E-state index contributed by atoms with van der Waals surface area (Å²) < 4.78 is 0. The van der Waals surface area contributed by atoms with Crippen LogP contribution in [0.5, 0.6) is 0 Å². The molecular formula is C56H34N2. The first kappa shape index (κ1) is 32.6. The lowest BCUT2D eigenvalue weighted by Crippen LogP contribution is -1.94. The van der Waals surface area contributed by atoms with Crippen molar-refractivity contribution in [3.05, 3.63) is 207 Å². The Balaban J connectivity index is 1.17. The summed E-state index contributed by atoms with van der Waals surface area (Å²) in [6, 6.07) is 70.8. The molecule has 12 rings (SSSR count). The Labute approximate surface area is 335 Å². The van der Waals surface area contributed by atoms with Crippen LogP contribution in [0.25, 0.3) is 120 Å². The van der Waals surface area contributed by atoms with E-state index in [-0.39, 0.29) is 0 Å². The molecule has 0 bridgehead atoms. The predicted molar refractivity (Wildman–Crippen MR) is 246 cm³/mol. The molecule has 0 spiro atoms. The Morgan fingerprint density at radius 3 is 1.33 bits per heavy atom. The zero-order chi connectivity index (χ0) is 38.2. The van der Waals surface area contributed by atoms with Gasteiger partial charge in [0.2, 0.25) is 0 Å². The predicted octanol–water partition coefficient (Wildman–Crippen LogP) is 15.2. The molecule has 58 heavy (non-hydrogen) atoms. The lowest BCUT2D eigenvalue weighted by atomic mass is 9.82. The second-order valence-electron chi connectivity index (χ2n) is 15.3. The average Bonchev–Trinajstić information content (AvgIpc) is 3.30. The highest BCUT2D eigenvalue weighted by Gasteiger charge is 2.21. The number of para-hydroxylation sites is 1. The Kier molecular flexibility index (Phi) is 7.26. The molecule has 0 amide bonds. The van der Waals surface area contributed by atoms with E-state index in [4.69, 9.17) is 9.97 Å². The van der Waals surface area contributed by atoms with E-state index in [0.29, 0.717) is 0 Å². The van der Waals surface area contributed by atoms with Crippen LogP contribution in [0.15, 0.2) is 207 Å². The molecular weight excluding hydrogens is 701 g/mol. The van der Waals surface area contributed by atoms with E-state index >= 15 is 0 Å². The number of aromatic nitrogens is 2. The van der Waals surface area contributed by atoms with Crippen LogP contribution in [0.3, 0.4) is 0 Å². The SMILES string of the molecule is c1ccc2ncc(-c3ccc(-c4ccc5c(-c6cc7ccccc7c7ccccc67)c6ccccc6c(-c6cc7ccccc7c7ccccc67)c5c4)nc3)cc2c1. The van der Waals surface area contributed by atoms with Crippen molar-refractivity contribution in [1.82, 2.24) is 9.97 Å². The molecule has 0 aliphatic heterocycles. The molecule has 0 radical (unpaired) electrons. The third kappa shape index (κ3) is 5.05. The van der Waals surface area contributed by atoms with Gasteiger partial charge in [-0.1, -0.05) is 158 Å². The van der Waals surface area contributed by atoms with Crippen LogP contribution in [-0.2, 0) is 0 Å². The van der Waals surface area contributed by atoms with Crippen molar-refractivity contribution in [2.24, 2.45) is 0 Å². The summed E-state index contributed by atoms with van der Waals surface area (Å²) in [6.45, 7) is 0. The van der Waals surface area contributed by atoms with Crippen molar-refractivity contribution in [2.75, 3.05) is 0 Å². The second kappa shape index (κ2) is 12.9. The minimum Gasteiger partial charge on any atom is -0.256 e. The van der Waals surface area contributed by atoms with Crippen LogP contribution in [0.4, 0.5) is 0 Å². The normalized spacial score (nSPS) is 11.8. The molecule has 10 aromatic carbocycles. The number of hydrogen-bond donors (Lipinski definition) is 0. The summed E-state index contributed by atoms with van der Waals surface area (Å²) >= 11 is 0. The van der Waals surface area contributed by atoms with E-state index in [1.54, 1.807) is 0 Å². The van der Waals surface area contributed by atoms with Crippen molar-refractivity contribution >= 4 is 75.5 Å². The fourth-order valence-electron chi connectivity index (χ4n) is 9.40. The zero-order valence-electron chi connectivity index (χ0n) is 31.5. The molecule has 0 saturated heterocycles. The lowest BCUT2D eigenvalue weighted by molar-refractivity contribution is 1.32. The van der Waals surface area contributed by atoms with Gasteiger partial charge >= 0.3 is 0 Å². The molecule has 0 unspecified atom stereocenters. The van der Waals surface area contributed by atoms with Gasteiger partial charge in [-0.15, -0.1) is 0 Å². The van der Waals surface area contributed by atoms with E-state index in [0.717, 1.165) is 33.3 Å². The van der Waals surface area contributed by atoms with Gasteiger partial charge in [-0.3, -0.25) is 9.97 Å². The standard InChI is InChI=1S/C56H34N2/c1-4-16-41-35(13-1)30-50(45-20-8-6-18-43(41)45)55-47-22-10-11-23-48(47)56(51-31-36-14-2-5-17-42(36)44-19-7-9-21-46(44)51)52-32-38(25-27-49(52)55)54-28-26-39(33-57-54)40-29-37-15-3-12-24-53(37)58-34-40/h1-34H. The minimum absolute atomic E-state index is 0.930. The fourth-order valence-corrected chi connectivity index (χ4v) is 9.40. The van der Waals surface area contributed by atoms with Gasteiger partial charge in [0.05, 0.1) is 11.2 Å². The molecule has 268 valence electrons. The summed E-state index contributed by atoms with van der Waals surface area (Å²) in [5.74, 6) is 0. The Hall–Kier alpha value is -7.68. The molecule has 2 aromatic heterocycles. The molecule has 0 atom stereocenters. The summed E-state index contributed by atoms with van der Waals surface area (Å²) in [5, 5.41) is 16.0. The molecule has 0 N–H and O–H groups in total. The maximum Gasteiger partial charge on any atom is 0.0702 e. The Morgan fingerprint density at radius 2 is 0.724 bits per heavy atom. The molecule has 0 aliphatic rings. The van der Waals surface area contributed by atoms with E-state index in [2.05, 4.69) is 182 Å². The fraction of sp³-hybridized carbons (Fsp3) is 0. The van der Waals surface area contributed by atoms with Gasteiger partial charge in [0, 0.05) is 34.5 Å². The highest BCUT2D eigenvalue weighted by Crippen LogP contribution is 2.49. The van der Waals surface area contributed by atoms with Gasteiger partial charge in [0.1, 0.15) is 0 Å². The van der Waals surface area contributed by atoms with Crippen molar-refractivity contribution in [1.29, 1.82) is 0 Å². The van der Waals surface area contributed by atoms with Crippen LogP contribution in [0, 0.1) is 0 Å². The van der Waals surface area contributed by atoms with E-state index in [1.165, 1.54) is 86.9 Å². The van der Waals surface area contributed by atoms with Crippen molar-refractivity contribution in [2.45, 2.75) is 0 Å². The van der Waals surface area contributed by atoms with Crippen LogP contribution < -0.4 is 0 Å². The van der Waals surface area contributed by atoms with E-state index in [9.17, 15) is 0 Å². The van der Waals surface area contributed by atoms with Crippen LogP contribution >= 0.6 is 0 Å². The van der Waals surface area contributed by atoms with Crippen molar-refractivity contribution < 1.29 is 0 Å². The number of fused-ring (bicyclic) bond motifs is 9. The summed E-state index contributed by atoms with van der Waals surface area (Å²) in [7, 11) is 0. The molecule has 0 aliphatic carbocycles. The number of nitrogens with zero attached hydrogens (tertiary/aromatic N) is 2. The number of benzene rings is 10. The summed E-state index contributed by atoms with van der Waals surface area (Å²) in [5.41, 5.74) is 10.1. The monoisotopic (exact) mass is 734 g/mol. The number of rotatable bonds is 4. The van der Waals surface area contributed by atoms with E-state index < -0.39 is 0 Å². The van der Waals surface area contributed by atoms with Crippen LogP contribution in [0.1, 0.15) is 0 Å². The first-order chi connectivity index (χ1) is 28.8. The first-order valence-corrected chi connectivity index (χ1v) is 19.9. The zero-order valence-corrected chi connectivity index (χ0v) is 31.5. The Morgan fingerprint density at radius 1 is 0.259 bits per heavy atom. The van der Waals surface area contributed by atoms with Gasteiger partial charge in [-0.25, -0.2) is 0 Å². The lowest BCUT2D eigenvalue weighted by Gasteiger charge is -2.21. The maximum absolute atomic E-state index is 5.10. The first-order valence-electron chi connectivity index (χ1n) is 19.9. The largest absolute Gasteiger partial charge is 0.256 e. The molecule has 0 fully saturated rings. The van der Waals surface area contributed by atoms with Crippen molar-refractivity contribution in [3.8, 4) is 44.6 Å².